The number of halogens is 1. The lowest BCUT2D eigenvalue weighted by Gasteiger charge is -2.14. The van der Waals surface area contributed by atoms with Crippen LogP contribution in [-0.2, 0) is 0 Å². The quantitative estimate of drug-likeness (QED) is 0.673. The van der Waals surface area contributed by atoms with E-state index in [-0.39, 0.29) is 17.3 Å². The van der Waals surface area contributed by atoms with Crippen LogP contribution < -0.4 is 5.32 Å². The van der Waals surface area contributed by atoms with Crippen LogP contribution in [0.15, 0.2) is 90.6 Å². The van der Waals surface area contributed by atoms with Crippen LogP contribution in [0.1, 0.15) is 27.4 Å². The maximum absolute atomic E-state index is 14.3. The first-order valence-corrected chi connectivity index (χ1v) is 8.15. The van der Waals surface area contributed by atoms with Crippen molar-refractivity contribution in [1.29, 1.82) is 0 Å². The third-order valence-electron chi connectivity index (χ3n) is 4.46. The maximum atomic E-state index is 14.3. The van der Waals surface area contributed by atoms with Crippen molar-refractivity contribution in [2.45, 2.75) is 5.92 Å². The lowest BCUT2D eigenvalue weighted by molar-refractivity contribution is 0.103. The van der Waals surface area contributed by atoms with Crippen LogP contribution >= 0.6 is 0 Å². The van der Waals surface area contributed by atoms with Crippen LogP contribution in [0.2, 0.25) is 0 Å². The summed E-state index contributed by atoms with van der Waals surface area (Å²) in [5.74, 6) is -0.993. The van der Waals surface area contributed by atoms with Crippen LogP contribution in [0.5, 0.6) is 0 Å². The molecule has 0 radical (unpaired) electrons. The van der Waals surface area contributed by atoms with Crippen molar-refractivity contribution < 1.29 is 9.18 Å². The number of fused-ring (bicyclic) bond motifs is 1. The maximum Gasteiger partial charge on any atom is 0.194 e. The molecule has 0 spiro atoms. The predicted octanol–water partition coefficient (Wildman–Crippen LogP) is 5.15. The van der Waals surface area contributed by atoms with Gasteiger partial charge in [-0.3, -0.25) is 4.79 Å². The van der Waals surface area contributed by atoms with Gasteiger partial charge >= 0.3 is 0 Å². The molecule has 1 aliphatic rings. The first-order chi connectivity index (χ1) is 12.3. The van der Waals surface area contributed by atoms with E-state index < -0.39 is 5.82 Å². The van der Waals surface area contributed by atoms with Crippen LogP contribution in [0.4, 0.5) is 10.1 Å². The minimum atomic E-state index is -0.466. The van der Waals surface area contributed by atoms with Crippen LogP contribution in [-0.4, -0.2) is 5.78 Å². The molecule has 4 rings (SSSR count). The molecule has 0 aliphatic heterocycles. The van der Waals surface area contributed by atoms with E-state index in [1.807, 2.05) is 66.7 Å². The van der Waals surface area contributed by atoms with Crippen LogP contribution in [0, 0.1) is 5.82 Å². The molecule has 0 saturated heterocycles. The van der Waals surface area contributed by atoms with Gasteiger partial charge in [-0.2, -0.15) is 0 Å². The third-order valence-corrected chi connectivity index (χ3v) is 4.46. The first kappa shape index (κ1) is 15.3. The first-order valence-electron chi connectivity index (χ1n) is 8.15. The Labute approximate surface area is 145 Å². The highest BCUT2D eigenvalue weighted by atomic mass is 19.1. The molecule has 0 aromatic heterocycles. The Balaban J connectivity index is 1.82. The summed E-state index contributed by atoms with van der Waals surface area (Å²) in [6, 6.07) is 24.1. The van der Waals surface area contributed by atoms with Gasteiger partial charge in [0.25, 0.3) is 0 Å². The number of rotatable bonds is 3. The zero-order valence-corrected chi connectivity index (χ0v) is 13.4. The Bertz CT molecular complexity index is 948. The Morgan fingerprint density at radius 3 is 2.24 bits per heavy atom. The fourth-order valence-corrected chi connectivity index (χ4v) is 3.31. The molecule has 3 aromatic rings. The molecule has 1 N–H and O–H groups in total. The molecule has 25 heavy (non-hydrogen) atoms. The van der Waals surface area contributed by atoms with Crippen molar-refractivity contribution in [1.82, 2.24) is 0 Å². The number of nitrogens with one attached hydrogen (secondary N) is 1. The van der Waals surface area contributed by atoms with Crippen molar-refractivity contribution in [3.8, 4) is 0 Å². The van der Waals surface area contributed by atoms with Gasteiger partial charge in [0.05, 0.1) is 5.56 Å². The van der Waals surface area contributed by atoms with E-state index in [1.54, 1.807) is 12.3 Å². The van der Waals surface area contributed by atoms with Gasteiger partial charge in [0.15, 0.2) is 5.78 Å². The molecule has 0 heterocycles. The molecular weight excluding hydrogens is 313 g/mol. The SMILES string of the molecule is O=C1/C(=C\Nc2ccccc2)C(c2ccccc2)c2cccc(F)c21. The highest BCUT2D eigenvalue weighted by molar-refractivity contribution is 6.15. The van der Waals surface area contributed by atoms with E-state index in [4.69, 9.17) is 0 Å². The number of carbonyl (C=O) groups excluding carboxylic acids is 1. The zero-order chi connectivity index (χ0) is 17.2. The molecular formula is C22H16FNO. The topological polar surface area (TPSA) is 29.1 Å². The van der Waals surface area contributed by atoms with Crippen LogP contribution in [0.25, 0.3) is 0 Å². The van der Waals surface area contributed by atoms with Gasteiger partial charge in [0.2, 0.25) is 0 Å². The summed E-state index contributed by atoms with van der Waals surface area (Å²) in [5.41, 5.74) is 3.30. The molecule has 0 bridgehead atoms. The summed E-state index contributed by atoms with van der Waals surface area (Å²) >= 11 is 0. The van der Waals surface area contributed by atoms with Crippen molar-refractivity contribution in [3.63, 3.8) is 0 Å². The highest BCUT2D eigenvalue weighted by Crippen LogP contribution is 2.42. The van der Waals surface area contributed by atoms with Crippen molar-refractivity contribution in [3.05, 3.63) is 113 Å². The molecule has 3 heteroatoms. The highest BCUT2D eigenvalue weighted by Gasteiger charge is 2.37. The Morgan fingerprint density at radius 1 is 0.840 bits per heavy atom. The number of hydrogen-bond donors (Lipinski definition) is 1. The number of ketones is 1. The standard InChI is InChI=1S/C22H16FNO/c23-19-13-7-12-17-20(15-8-3-1-4-9-15)18(22(25)21(17)19)14-24-16-10-5-2-6-11-16/h1-14,20,24H/b18-14-. The summed E-state index contributed by atoms with van der Waals surface area (Å²) in [5, 5.41) is 3.17. The molecule has 0 fully saturated rings. The van der Waals surface area contributed by atoms with E-state index in [1.165, 1.54) is 6.07 Å². The number of Topliss-reactive ketones (excluding diaryl/α,β-unsaturated/α-hetero) is 1. The minimum Gasteiger partial charge on any atom is -0.361 e. The fourth-order valence-electron chi connectivity index (χ4n) is 3.31. The van der Waals surface area contributed by atoms with Gasteiger partial charge in [-0.15, -0.1) is 0 Å². The van der Waals surface area contributed by atoms with Gasteiger partial charge in [-0.05, 0) is 29.3 Å². The molecule has 0 amide bonds. The summed E-state index contributed by atoms with van der Waals surface area (Å²) in [7, 11) is 0. The van der Waals surface area contributed by atoms with Gasteiger partial charge in [0.1, 0.15) is 5.82 Å². The molecule has 1 aliphatic carbocycles. The second-order valence-electron chi connectivity index (χ2n) is 5.99. The predicted molar refractivity (Wildman–Crippen MR) is 97.2 cm³/mol. The third kappa shape index (κ3) is 2.74. The molecule has 0 saturated carbocycles. The van der Waals surface area contributed by atoms with Gasteiger partial charge in [-0.1, -0.05) is 60.7 Å². The normalized spacial score (nSPS) is 17.6. The second-order valence-corrected chi connectivity index (χ2v) is 5.99. The van der Waals surface area contributed by atoms with Crippen molar-refractivity contribution >= 4 is 11.5 Å². The van der Waals surface area contributed by atoms with E-state index >= 15 is 0 Å². The molecule has 1 atom stereocenters. The molecule has 1 unspecified atom stereocenters. The van der Waals surface area contributed by atoms with E-state index in [9.17, 15) is 9.18 Å². The summed E-state index contributed by atoms with van der Waals surface area (Å²) in [6.45, 7) is 0. The van der Waals surface area contributed by atoms with Crippen molar-refractivity contribution in [2.24, 2.45) is 0 Å². The van der Waals surface area contributed by atoms with E-state index in [2.05, 4.69) is 5.32 Å². The molecule has 2 nitrogen and oxygen atoms in total. The second kappa shape index (κ2) is 6.36. The number of hydrogen-bond acceptors (Lipinski definition) is 2. The Hall–Kier alpha value is -3.20. The lowest BCUT2D eigenvalue weighted by Crippen LogP contribution is -2.05. The molecule has 3 aromatic carbocycles. The van der Waals surface area contributed by atoms with E-state index in [0.717, 1.165) is 16.8 Å². The molecule has 122 valence electrons. The smallest absolute Gasteiger partial charge is 0.194 e. The monoisotopic (exact) mass is 329 g/mol. The number of benzene rings is 3. The number of allylic oxidation sites excluding steroid dienone is 1. The summed E-state index contributed by atoms with van der Waals surface area (Å²) in [4.78, 5) is 12.9. The average molecular weight is 329 g/mol. The van der Waals surface area contributed by atoms with Gasteiger partial charge in [-0.25, -0.2) is 4.39 Å². The average Bonchev–Trinajstić information content (AvgIpc) is 2.95. The fraction of sp³-hybridized carbons (Fsp3) is 0.0455. The summed E-state index contributed by atoms with van der Waals surface area (Å²) in [6.07, 6.45) is 1.70. The number of anilines is 1. The van der Waals surface area contributed by atoms with Gasteiger partial charge < -0.3 is 5.32 Å². The number of carbonyl (C=O) groups is 1. The van der Waals surface area contributed by atoms with Crippen molar-refractivity contribution in [2.75, 3.05) is 5.32 Å². The van der Waals surface area contributed by atoms with Crippen LogP contribution in [0.3, 0.4) is 0 Å². The summed E-state index contributed by atoms with van der Waals surface area (Å²) < 4.78 is 14.3. The minimum absolute atomic E-state index is 0.178. The number of para-hydroxylation sites is 1. The lowest BCUT2D eigenvalue weighted by atomic mass is 9.90. The Kier molecular flexibility index (Phi) is 3.90. The zero-order valence-electron chi connectivity index (χ0n) is 13.4. The van der Waals surface area contributed by atoms with E-state index in [0.29, 0.717) is 5.57 Å². The Morgan fingerprint density at radius 2 is 1.52 bits per heavy atom. The largest absolute Gasteiger partial charge is 0.361 e. The van der Waals surface area contributed by atoms with Gasteiger partial charge in [0, 0.05) is 23.4 Å².